The van der Waals surface area contributed by atoms with Gasteiger partial charge < -0.3 is 5.11 Å². The maximum Gasteiger partial charge on any atom is 0.282 e. The minimum Gasteiger partial charge on any atom is -0.390 e. The van der Waals surface area contributed by atoms with Crippen LogP contribution in [-0.4, -0.2) is 44.7 Å². The van der Waals surface area contributed by atoms with Gasteiger partial charge in [0.25, 0.3) is 17.5 Å². The summed E-state index contributed by atoms with van der Waals surface area (Å²) >= 11 is 3.03. The van der Waals surface area contributed by atoms with E-state index in [1.165, 1.54) is 18.2 Å². The number of imide groups is 1. The summed E-state index contributed by atoms with van der Waals surface area (Å²) in [6, 6.07) is 3.89. The lowest BCUT2D eigenvalue weighted by molar-refractivity contribution is -0.385. The Labute approximate surface area is 116 Å². The third kappa shape index (κ3) is 2.24. The summed E-state index contributed by atoms with van der Waals surface area (Å²) in [5.74, 6) is -1.36. The molecular weight excluding hydrogens is 320 g/mol. The van der Waals surface area contributed by atoms with Gasteiger partial charge in [0.1, 0.15) is 5.56 Å². The minimum absolute atomic E-state index is 0.000900. The normalized spacial score (nSPS) is 15.6. The first-order chi connectivity index (χ1) is 8.97. The van der Waals surface area contributed by atoms with Crippen molar-refractivity contribution in [3.05, 3.63) is 39.4 Å². The average Bonchev–Trinajstić information content (AvgIpc) is 2.63. The number of hydrogen-bond acceptors (Lipinski definition) is 5. The number of nitrogens with zero attached hydrogens (tertiary/aromatic N) is 2. The van der Waals surface area contributed by atoms with E-state index < -0.39 is 28.5 Å². The van der Waals surface area contributed by atoms with Gasteiger partial charge >= 0.3 is 0 Å². The fourth-order valence-electron chi connectivity index (χ4n) is 1.89. The summed E-state index contributed by atoms with van der Waals surface area (Å²) < 4.78 is 0. The molecule has 1 unspecified atom stereocenters. The van der Waals surface area contributed by atoms with Crippen LogP contribution in [0.4, 0.5) is 5.69 Å². The van der Waals surface area contributed by atoms with Gasteiger partial charge in [-0.15, -0.1) is 0 Å². The van der Waals surface area contributed by atoms with Crippen molar-refractivity contribution in [2.24, 2.45) is 0 Å². The van der Waals surface area contributed by atoms with Crippen molar-refractivity contribution in [2.45, 2.75) is 6.10 Å². The van der Waals surface area contributed by atoms with Gasteiger partial charge in [-0.05, 0) is 6.07 Å². The molecular formula is C11H9BrN2O5. The molecule has 0 saturated carbocycles. The molecule has 1 aromatic carbocycles. The van der Waals surface area contributed by atoms with E-state index in [1.807, 2.05) is 0 Å². The maximum atomic E-state index is 12.1. The van der Waals surface area contributed by atoms with Gasteiger partial charge in [-0.3, -0.25) is 24.6 Å². The molecule has 7 nitrogen and oxygen atoms in total. The number of nitro groups is 1. The van der Waals surface area contributed by atoms with Crippen LogP contribution in [0.3, 0.4) is 0 Å². The van der Waals surface area contributed by atoms with Crippen molar-refractivity contribution in [1.82, 2.24) is 4.90 Å². The number of hydrogen-bond donors (Lipinski definition) is 1. The number of benzene rings is 1. The second-order valence-corrected chi connectivity index (χ2v) is 4.63. The molecule has 1 N–H and O–H groups in total. The van der Waals surface area contributed by atoms with Crippen LogP contribution in [0.5, 0.6) is 0 Å². The van der Waals surface area contributed by atoms with Gasteiger partial charge in [-0.2, -0.15) is 0 Å². The Hall–Kier alpha value is -1.80. The van der Waals surface area contributed by atoms with Gasteiger partial charge in [-0.1, -0.05) is 22.0 Å². The summed E-state index contributed by atoms with van der Waals surface area (Å²) in [5, 5.41) is 20.5. The number of halogens is 1. The highest BCUT2D eigenvalue weighted by Crippen LogP contribution is 2.30. The number of alkyl halides is 1. The summed E-state index contributed by atoms with van der Waals surface area (Å²) in [5.41, 5.74) is -0.605. The van der Waals surface area contributed by atoms with Crippen LogP contribution in [0, 0.1) is 10.1 Å². The van der Waals surface area contributed by atoms with Crippen LogP contribution in [0.15, 0.2) is 18.2 Å². The number of β-amino-alcohol motifs (C(OH)–C–C–N with tert-alkyl or cyclic N) is 1. The molecule has 0 radical (unpaired) electrons. The van der Waals surface area contributed by atoms with E-state index in [9.17, 15) is 24.8 Å². The van der Waals surface area contributed by atoms with Crippen molar-refractivity contribution in [3.63, 3.8) is 0 Å². The van der Waals surface area contributed by atoms with E-state index in [2.05, 4.69) is 15.9 Å². The Bertz CT molecular complexity index is 574. The topological polar surface area (TPSA) is 101 Å². The number of nitro benzene ring substituents is 1. The van der Waals surface area contributed by atoms with Crippen LogP contribution < -0.4 is 0 Å². The van der Waals surface area contributed by atoms with E-state index in [4.69, 9.17) is 0 Å². The van der Waals surface area contributed by atoms with E-state index >= 15 is 0 Å². The van der Waals surface area contributed by atoms with Crippen molar-refractivity contribution >= 4 is 33.4 Å². The first kappa shape index (κ1) is 13.6. The third-order valence-corrected chi connectivity index (χ3v) is 3.49. The zero-order valence-electron chi connectivity index (χ0n) is 9.58. The van der Waals surface area contributed by atoms with Gasteiger partial charge in [-0.25, -0.2) is 0 Å². The molecule has 2 rings (SSSR count). The second-order valence-electron chi connectivity index (χ2n) is 3.99. The summed E-state index contributed by atoms with van der Waals surface area (Å²) in [4.78, 5) is 35.0. The molecule has 0 spiro atoms. The number of carbonyl (C=O) groups is 2. The molecule has 1 atom stereocenters. The SMILES string of the molecule is O=C1c2cccc([N+](=O)[O-])c2C(=O)N1CC(O)CBr. The smallest absolute Gasteiger partial charge is 0.282 e. The highest BCUT2D eigenvalue weighted by molar-refractivity contribution is 9.09. The van der Waals surface area contributed by atoms with E-state index in [0.29, 0.717) is 0 Å². The molecule has 0 bridgehead atoms. The quantitative estimate of drug-likeness (QED) is 0.384. The molecule has 0 aliphatic carbocycles. The van der Waals surface area contributed by atoms with Crippen LogP contribution in [0.25, 0.3) is 0 Å². The molecule has 8 heteroatoms. The summed E-state index contributed by atoms with van der Waals surface area (Å²) in [6.07, 6.45) is -0.915. The zero-order valence-corrected chi connectivity index (χ0v) is 11.2. The highest BCUT2D eigenvalue weighted by atomic mass is 79.9. The molecule has 1 aliphatic rings. The molecule has 1 aliphatic heterocycles. The molecule has 1 aromatic rings. The lowest BCUT2D eigenvalue weighted by Crippen LogP contribution is -2.37. The number of amides is 2. The predicted molar refractivity (Wildman–Crippen MR) is 68.3 cm³/mol. The molecule has 0 saturated heterocycles. The first-order valence-corrected chi connectivity index (χ1v) is 6.47. The minimum atomic E-state index is -0.915. The highest BCUT2D eigenvalue weighted by Gasteiger charge is 2.41. The Balaban J connectivity index is 2.44. The number of aliphatic hydroxyl groups excluding tert-OH is 1. The molecule has 2 amide bonds. The Morgan fingerprint density at radius 3 is 2.63 bits per heavy atom. The van der Waals surface area contributed by atoms with Gasteiger partial charge in [0.05, 0.1) is 23.1 Å². The monoisotopic (exact) mass is 328 g/mol. The number of rotatable bonds is 4. The van der Waals surface area contributed by atoms with Gasteiger partial charge in [0, 0.05) is 11.4 Å². The Kier molecular flexibility index (Phi) is 3.63. The van der Waals surface area contributed by atoms with Crippen molar-refractivity contribution < 1.29 is 19.6 Å². The maximum absolute atomic E-state index is 12.1. The molecule has 0 aromatic heterocycles. The summed E-state index contributed by atoms with van der Waals surface area (Å²) in [7, 11) is 0. The fourth-order valence-corrected chi connectivity index (χ4v) is 2.10. The Morgan fingerprint density at radius 1 is 1.37 bits per heavy atom. The van der Waals surface area contributed by atoms with Gasteiger partial charge in [0.2, 0.25) is 0 Å². The van der Waals surface area contributed by atoms with Gasteiger partial charge in [0.15, 0.2) is 0 Å². The molecule has 1 heterocycles. The van der Waals surface area contributed by atoms with Crippen LogP contribution in [0.1, 0.15) is 20.7 Å². The molecule has 0 fully saturated rings. The largest absolute Gasteiger partial charge is 0.390 e. The Morgan fingerprint density at radius 2 is 2.05 bits per heavy atom. The lowest BCUT2D eigenvalue weighted by atomic mass is 10.1. The van der Waals surface area contributed by atoms with Crippen molar-refractivity contribution in [1.29, 1.82) is 0 Å². The number of fused-ring (bicyclic) bond motifs is 1. The fraction of sp³-hybridized carbons (Fsp3) is 0.273. The van der Waals surface area contributed by atoms with Crippen LogP contribution in [-0.2, 0) is 0 Å². The lowest BCUT2D eigenvalue weighted by Gasteiger charge is -2.16. The van der Waals surface area contributed by atoms with Crippen LogP contribution >= 0.6 is 15.9 Å². The second kappa shape index (κ2) is 5.06. The van der Waals surface area contributed by atoms with E-state index in [-0.39, 0.29) is 23.0 Å². The molecule has 100 valence electrons. The summed E-state index contributed by atoms with van der Waals surface area (Å²) in [6.45, 7) is -0.200. The third-order valence-electron chi connectivity index (χ3n) is 2.75. The molecule has 19 heavy (non-hydrogen) atoms. The average molecular weight is 329 g/mol. The standard InChI is InChI=1S/C11H9BrN2O5/c12-4-6(15)5-13-10(16)7-2-1-3-8(14(18)19)9(7)11(13)17/h1-3,6,15H,4-5H2. The zero-order chi connectivity index (χ0) is 14.2. The van der Waals surface area contributed by atoms with E-state index in [0.717, 1.165) is 4.90 Å². The van der Waals surface area contributed by atoms with Crippen LogP contribution in [0.2, 0.25) is 0 Å². The van der Waals surface area contributed by atoms with E-state index in [1.54, 1.807) is 0 Å². The van der Waals surface area contributed by atoms with Crippen molar-refractivity contribution in [3.8, 4) is 0 Å². The first-order valence-electron chi connectivity index (χ1n) is 5.35. The number of carbonyl (C=O) groups excluding carboxylic acids is 2. The number of aliphatic hydroxyl groups is 1. The van der Waals surface area contributed by atoms with Crippen molar-refractivity contribution in [2.75, 3.05) is 11.9 Å². The predicted octanol–water partition coefficient (Wildman–Crippen LogP) is 0.947.